The Morgan fingerprint density at radius 2 is 2.23 bits per heavy atom. The number of rotatable bonds is 4. The first-order valence-corrected chi connectivity index (χ1v) is 9.74. The number of thioether (sulfide) groups is 1. The summed E-state index contributed by atoms with van der Waals surface area (Å²) in [6, 6.07) is 8.05. The number of nitrogens with zero attached hydrogens (tertiary/aromatic N) is 5. The Kier molecular flexibility index (Phi) is 4.67. The molecule has 1 fully saturated rings. The van der Waals surface area contributed by atoms with Gasteiger partial charge in [0.15, 0.2) is 5.16 Å². The van der Waals surface area contributed by atoms with E-state index in [1.807, 2.05) is 47.7 Å². The van der Waals surface area contributed by atoms with Crippen LogP contribution in [-0.4, -0.2) is 53.9 Å². The molecule has 26 heavy (non-hydrogen) atoms. The van der Waals surface area contributed by atoms with E-state index in [1.54, 1.807) is 6.33 Å². The summed E-state index contributed by atoms with van der Waals surface area (Å²) in [5.41, 5.74) is 2.04. The van der Waals surface area contributed by atoms with Crippen molar-refractivity contribution in [2.75, 3.05) is 13.1 Å². The van der Waals surface area contributed by atoms with Crippen LogP contribution in [0.1, 0.15) is 31.5 Å². The summed E-state index contributed by atoms with van der Waals surface area (Å²) in [5, 5.41) is 8.51. The molecule has 136 valence electrons. The van der Waals surface area contributed by atoms with Gasteiger partial charge in [-0.2, -0.15) is 0 Å². The van der Waals surface area contributed by atoms with Crippen LogP contribution in [0.25, 0.3) is 11.0 Å². The first-order chi connectivity index (χ1) is 12.6. The third kappa shape index (κ3) is 3.33. The van der Waals surface area contributed by atoms with Crippen LogP contribution in [0.3, 0.4) is 0 Å². The molecule has 1 aliphatic heterocycles. The molecule has 0 aliphatic carbocycles. The lowest BCUT2D eigenvalue weighted by Crippen LogP contribution is -2.43. The molecule has 7 nitrogen and oxygen atoms in total. The zero-order valence-corrected chi connectivity index (χ0v) is 15.7. The Morgan fingerprint density at radius 1 is 1.38 bits per heavy atom. The van der Waals surface area contributed by atoms with Crippen molar-refractivity contribution in [2.24, 2.45) is 7.05 Å². The van der Waals surface area contributed by atoms with E-state index in [-0.39, 0.29) is 17.1 Å². The van der Waals surface area contributed by atoms with Gasteiger partial charge in [-0.1, -0.05) is 23.9 Å². The molecule has 2 aromatic heterocycles. The summed E-state index contributed by atoms with van der Waals surface area (Å²) in [4.78, 5) is 23.0. The van der Waals surface area contributed by atoms with Crippen molar-refractivity contribution in [3.63, 3.8) is 0 Å². The van der Waals surface area contributed by atoms with Crippen LogP contribution in [0.15, 0.2) is 35.7 Å². The minimum Gasteiger partial charge on any atom is -0.342 e. The van der Waals surface area contributed by atoms with Gasteiger partial charge in [0.05, 0.1) is 16.3 Å². The summed E-state index contributed by atoms with van der Waals surface area (Å²) in [6.45, 7) is 3.45. The van der Waals surface area contributed by atoms with Crippen molar-refractivity contribution in [2.45, 2.75) is 36.1 Å². The van der Waals surface area contributed by atoms with Crippen molar-refractivity contribution in [1.29, 1.82) is 0 Å². The van der Waals surface area contributed by atoms with Gasteiger partial charge in [0, 0.05) is 26.1 Å². The van der Waals surface area contributed by atoms with Crippen LogP contribution >= 0.6 is 11.8 Å². The lowest BCUT2D eigenvalue weighted by molar-refractivity contribution is -0.131. The van der Waals surface area contributed by atoms with Gasteiger partial charge in [-0.15, -0.1) is 10.2 Å². The molecular weight excluding hydrogens is 348 g/mol. The monoisotopic (exact) mass is 370 g/mol. The second-order valence-corrected chi connectivity index (χ2v) is 8.06. The van der Waals surface area contributed by atoms with Gasteiger partial charge >= 0.3 is 0 Å². The highest BCUT2D eigenvalue weighted by molar-refractivity contribution is 8.00. The van der Waals surface area contributed by atoms with Crippen molar-refractivity contribution >= 4 is 28.7 Å². The van der Waals surface area contributed by atoms with E-state index in [2.05, 4.69) is 15.2 Å². The molecular formula is C18H22N6OS. The molecule has 1 saturated heterocycles. The number of amides is 1. The highest BCUT2D eigenvalue weighted by atomic mass is 32.2. The number of fused-ring (bicyclic) bond motifs is 1. The molecule has 2 unspecified atom stereocenters. The third-order valence-electron chi connectivity index (χ3n) is 4.83. The van der Waals surface area contributed by atoms with Crippen LogP contribution < -0.4 is 0 Å². The van der Waals surface area contributed by atoms with Gasteiger partial charge in [0.1, 0.15) is 12.2 Å². The molecule has 3 aromatic rings. The molecule has 0 spiro atoms. The number of aryl methyl sites for hydroxylation is 1. The largest absolute Gasteiger partial charge is 0.342 e. The van der Waals surface area contributed by atoms with E-state index < -0.39 is 0 Å². The van der Waals surface area contributed by atoms with Gasteiger partial charge < -0.3 is 14.5 Å². The minimum absolute atomic E-state index is 0.152. The average Bonchev–Trinajstić information content (AvgIpc) is 3.27. The Morgan fingerprint density at radius 3 is 3.00 bits per heavy atom. The molecule has 1 N–H and O–H groups in total. The number of para-hydroxylation sites is 2. The molecule has 8 heteroatoms. The van der Waals surface area contributed by atoms with Crippen molar-refractivity contribution in [3.8, 4) is 0 Å². The zero-order valence-electron chi connectivity index (χ0n) is 14.9. The topological polar surface area (TPSA) is 79.7 Å². The zero-order chi connectivity index (χ0) is 18.1. The maximum absolute atomic E-state index is 12.9. The number of piperidine rings is 1. The van der Waals surface area contributed by atoms with Crippen LogP contribution in [0.5, 0.6) is 0 Å². The van der Waals surface area contributed by atoms with E-state index in [9.17, 15) is 4.79 Å². The second kappa shape index (κ2) is 7.11. The summed E-state index contributed by atoms with van der Waals surface area (Å²) in [6.07, 6.45) is 3.70. The molecule has 2 atom stereocenters. The lowest BCUT2D eigenvalue weighted by Gasteiger charge is -2.33. The number of carbonyl (C=O) groups is 1. The number of imidazole rings is 1. The van der Waals surface area contributed by atoms with Gasteiger partial charge in [-0.05, 0) is 31.9 Å². The van der Waals surface area contributed by atoms with Gasteiger partial charge in [0.25, 0.3) is 0 Å². The fourth-order valence-corrected chi connectivity index (χ4v) is 4.29. The summed E-state index contributed by atoms with van der Waals surface area (Å²) < 4.78 is 1.84. The van der Waals surface area contributed by atoms with E-state index in [0.717, 1.165) is 41.4 Å². The summed E-state index contributed by atoms with van der Waals surface area (Å²) >= 11 is 1.45. The number of benzene rings is 1. The first-order valence-electron chi connectivity index (χ1n) is 8.86. The first kappa shape index (κ1) is 17.1. The number of hydrogen-bond donors (Lipinski definition) is 1. The van der Waals surface area contributed by atoms with Gasteiger partial charge in [-0.25, -0.2) is 4.98 Å². The molecule has 0 radical (unpaired) electrons. The smallest absolute Gasteiger partial charge is 0.235 e. The van der Waals surface area contributed by atoms with E-state index in [1.165, 1.54) is 11.8 Å². The lowest BCUT2D eigenvalue weighted by atomic mass is 9.97. The van der Waals surface area contributed by atoms with Crippen LogP contribution in [0.4, 0.5) is 0 Å². The second-order valence-electron chi connectivity index (χ2n) is 6.75. The molecule has 1 aliphatic rings. The third-order valence-corrected chi connectivity index (χ3v) is 5.96. The average molecular weight is 370 g/mol. The molecule has 1 amide bonds. The molecule has 0 bridgehead atoms. The number of nitrogens with one attached hydrogen (secondary N) is 1. The van der Waals surface area contributed by atoms with E-state index in [0.29, 0.717) is 6.54 Å². The van der Waals surface area contributed by atoms with Crippen molar-refractivity contribution < 1.29 is 4.79 Å². The molecule has 4 rings (SSSR count). The fraction of sp³-hybridized carbons (Fsp3) is 0.444. The predicted octanol–water partition coefficient (Wildman–Crippen LogP) is 2.58. The standard InChI is InChI=1S/C18H22N6OS/c1-12(26-18-22-19-11-23(18)2)17(25)24-9-5-6-13(10-24)16-20-14-7-3-4-8-15(14)21-16/h3-4,7-8,11-13H,5-6,9-10H2,1-2H3,(H,20,21). The molecule has 0 saturated carbocycles. The predicted molar refractivity (Wildman–Crippen MR) is 101 cm³/mol. The maximum atomic E-state index is 12.9. The number of likely N-dealkylation sites (tertiary alicyclic amines) is 1. The Bertz CT molecular complexity index is 886. The Labute approximate surface area is 156 Å². The number of H-pyrrole nitrogens is 1. The Hall–Kier alpha value is -2.35. The Balaban J connectivity index is 1.45. The number of carbonyl (C=O) groups excluding carboxylic acids is 1. The molecule has 1 aromatic carbocycles. The number of hydrogen-bond acceptors (Lipinski definition) is 5. The van der Waals surface area contributed by atoms with Gasteiger partial charge in [-0.3, -0.25) is 4.79 Å². The van der Waals surface area contributed by atoms with Crippen molar-refractivity contribution in [1.82, 2.24) is 29.6 Å². The minimum atomic E-state index is -0.188. The quantitative estimate of drug-likeness (QED) is 0.714. The number of aromatic nitrogens is 5. The highest BCUT2D eigenvalue weighted by Crippen LogP contribution is 2.29. The SMILES string of the molecule is CC(Sc1nncn1C)C(=O)N1CCCC(c2nc3ccccc3[nH]2)C1. The van der Waals surface area contributed by atoms with Crippen LogP contribution in [0, 0.1) is 0 Å². The van der Waals surface area contributed by atoms with E-state index in [4.69, 9.17) is 4.98 Å². The van der Waals surface area contributed by atoms with Crippen molar-refractivity contribution in [3.05, 3.63) is 36.4 Å². The van der Waals surface area contributed by atoms with Crippen LogP contribution in [-0.2, 0) is 11.8 Å². The highest BCUT2D eigenvalue weighted by Gasteiger charge is 2.30. The fourth-order valence-electron chi connectivity index (χ4n) is 3.41. The van der Waals surface area contributed by atoms with Gasteiger partial charge in [0.2, 0.25) is 5.91 Å². The molecule has 3 heterocycles. The number of aromatic amines is 1. The van der Waals surface area contributed by atoms with E-state index >= 15 is 0 Å². The summed E-state index contributed by atoms with van der Waals surface area (Å²) in [5.74, 6) is 1.39. The summed E-state index contributed by atoms with van der Waals surface area (Å²) in [7, 11) is 1.89. The maximum Gasteiger partial charge on any atom is 0.235 e. The normalized spacial score (nSPS) is 19.0. The van der Waals surface area contributed by atoms with Crippen LogP contribution in [0.2, 0.25) is 0 Å².